The van der Waals surface area contributed by atoms with Crippen molar-refractivity contribution in [3.05, 3.63) is 53.1 Å². The molecule has 3 heterocycles. The van der Waals surface area contributed by atoms with Crippen molar-refractivity contribution in [1.82, 2.24) is 25.1 Å². The second-order valence-electron chi connectivity index (χ2n) is 11.1. The molecule has 0 bridgehead atoms. The molecule has 0 radical (unpaired) electrons. The highest BCUT2D eigenvalue weighted by Crippen LogP contribution is 2.14. The van der Waals surface area contributed by atoms with Crippen LogP contribution in [0.2, 0.25) is 0 Å². The summed E-state index contributed by atoms with van der Waals surface area (Å²) in [6.45, 7) is 6.81. The summed E-state index contributed by atoms with van der Waals surface area (Å²) >= 11 is 5.34. The van der Waals surface area contributed by atoms with E-state index in [-0.39, 0.29) is 17.8 Å². The quantitative estimate of drug-likeness (QED) is 0.158. The Labute approximate surface area is 290 Å². The van der Waals surface area contributed by atoms with E-state index in [0.717, 1.165) is 0 Å². The van der Waals surface area contributed by atoms with Crippen LogP contribution in [0.3, 0.4) is 0 Å². The molecule has 2 aromatic rings. The van der Waals surface area contributed by atoms with Gasteiger partial charge in [0.25, 0.3) is 0 Å². The van der Waals surface area contributed by atoms with Gasteiger partial charge in [-0.3, -0.25) is 14.6 Å². The SMILES string of the molecule is O=C(O)CCCCNC(=S)Nc1cc(CN2CCOCCOCCN(Cc3cccc(C(=O)O)n3)CCOCCOCC2)nc(C(=O)O)c1. The van der Waals surface area contributed by atoms with Crippen LogP contribution in [0.15, 0.2) is 30.3 Å². The zero-order valence-electron chi connectivity index (χ0n) is 27.5. The van der Waals surface area contributed by atoms with E-state index in [1.807, 2.05) is 0 Å². The molecule has 5 N–H and O–H groups in total. The fourth-order valence-corrected chi connectivity index (χ4v) is 4.95. The van der Waals surface area contributed by atoms with E-state index >= 15 is 0 Å². The normalized spacial score (nSPS) is 16.6. The summed E-state index contributed by atoms with van der Waals surface area (Å²) in [5, 5.41) is 34.0. The molecule has 3 rings (SSSR count). The lowest BCUT2D eigenvalue weighted by Gasteiger charge is -2.23. The number of anilines is 1. The van der Waals surface area contributed by atoms with Crippen LogP contribution in [0, 0.1) is 0 Å². The average molecular weight is 707 g/mol. The molecule has 0 amide bonds. The molecule has 16 nitrogen and oxygen atoms in total. The third-order valence-corrected chi connectivity index (χ3v) is 7.45. The summed E-state index contributed by atoms with van der Waals surface area (Å²) in [7, 11) is 0. The van der Waals surface area contributed by atoms with E-state index in [0.29, 0.717) is 134 Å². The largest absolute Gasteiger partial charge is 0.481 e. The highest BCUT2D eigenvalue weighted by atomic mass is 32.1. The zero-order chi connectivity index (χ0) is 35.3. The Morgan fingerprint density at radius 1 is 0.714 bits per heavy atom. The highest BCUT2D eigenvalue weighted by molar-refractivity contribution is 7.80. The van der Waals surface area contributed by atoms with E-state index < -0.39 is 17.9 Å². The van der Waals surface area contributed by atoms with Crippen molar-refractivity contribution < 1.29 is 48.7 Å². The number of nitrogens with one attached hydrogen (secondary N) is 2. The van der Waals surface area contributed by atoms with Gasteiger partial charge in [-0.25, -0.2) is 19.6 Å². The maximum atomic E-state index is 11.8. The molecule has 270 valence electrons. The monoisotopic (exact) mass is 706 g/mol. The van der Waals surface area contributed by atoms with Crippen LogP contribution in [0.1, 0.15) is 51.6 Å². The van der Waals surface area contributed by atoms with Gasteiger partial charge in [0, 0.05) is 57.9 Å². The molecule has 17 heteroatoms. The number of thiocarbonyl (C=S) groups is 1. The molecule has 49 heavy (non-hydrogen) atoms. The first kappa shape index (κ1) is 39.6. The standard InChI is InChI=1S/C32H46N6O10S/c39-29(40)6-1-2-7-33-32(49)36-25-20-26(35-28(21-25)31(43)44)23-38-10-14-47-18-16-45-12-8-37(9-13-46-17-19-48-15-11-38)22-24-4-3-5-27(34-24)30(41)42/h3-5,20-21H,1-2,6-19,22-23H2,(H,39,40)(H,41,42)(H,43,44)(H2,33,35,36,49). The molecule has 1 aliphatic rings. The molecule has 1 fully saturated rings. The van der Waals surface area contributed by atoms with Gasteiger partial charge in [0.05, 0.1) is 64.2 Å². The lowest BCUT2D eigenvalue weighted by molar-refractivity contribution is -0.137. The summed E-state index contributed by atoms with van der Waals surface area (Å²) in [5.74, 6) is -3.09. The number of carboxylic acids is 3. The number of hydrogen-bond donors (Lipinski definition) is 5. The smallest absolute Gasteiger partial charge is 0.354 e. The molecule has 0 aliphatic carbocycles. The number of aliphatic carboxylic acids is 1. The average Bonchev–Trinajstić information content (AvgIpc) is 3.06. The number of nitrogens with zero attached hydrogens (tertiary/aromatic N) is 4. The van der Waals surface area contributed by atoms with Crippen LogP contribution < -0.4 is 10.6 Å². The van der Waals surface area contributed by atoms with E-state index in [2.05, 4.69) is 30.4 Å². The Balaban J connectivity index is 1.52. The number of aromatic nitrogens is 2. The number of pyridine rings is 2. The maximum absolute atomic E-state index is 11.8. The number of ether oxygens (including phenoxy) is 4. The van der Waals surface area contributed by atoms with Gasteiger partial charge in [0.1, 0.15) is 5.69 Å². The van der Waals surface area contributed by atoms with Crippen LogP contribution in [0.4, 0.5) is 5.69 Å². The Hall–Kier alpha value is -3.84. The van der Waals surface area contributed by atoms with Crippen LogP contribution in [-0.4, -0.2) is 144 Å². The van der Waals surface area contributed by atoms with Crippen LogP contribution in [0.5, 0.6) is 0 Å². The van der Waals surface area contributed by atoms with Crippen molar-refractivity contribution in [3.8, 4) is 0 Å². The Morgan fingerprint density at radius 3 is 1.78 bits per heavy atom. The van der Waals surface area contributed by atoms with Crippen molar-refractivity contribution in [2.24, 2.45) is 0 Å². The van der Waals surface area contributed by atoms with E-state index in [1.165, 1.54) is 12.1 Å². The lowest BCUT2D eigenvalue weighted by atomic mass is 10.2. The molecule has 1 saturated heterocycles. The van der Waals surface area contributed by atoms with Crippen molar-refractivity contribution in [2.45, 2.75) is 32.4 Å². The van der Waals surface area contributed by atoms with Gasteiger partial charge in [-0.15, -0.1) is 0 Å². The molecule has 0 spiro atoms. The molecule has 0 aromatic carbocycles. The van der Waals surface area contributed by atoms with Crippen molar-refractivity contribution in [3.63, 3.8) is 0 Å². The first-order chi connectivity index (χ1) is 23.7. The van der Waals surface area contributed by atoms with Crippen LogP contribution in [0.25, 0.3) is 0 Å². The van der Waals surface area contributed by atoms with Gasteiger partial charge in [-0.1, -0.05) is 6.07 Å². The third kappa shape index (κ3) is 16.9. The minimum Gasteiger partial charge on any atom is -0.481 e. The molecular formula is C32H46N6O10S. The zero-order valence-corrected chi connectivity index (χ0v) is 28.3. The molecule has 0 unspecified atom stereocenters. The summed E-state index contributed by atoms with van der Waals surface area (Å²) < 4.78 is 23.2. The summed E-state index contributed by atoms with van der Waals surface area (Å²) in [6.07, 6.45) is 1.22. The number of aromatic carboxylic acids is 2. The predicted molar refractivity (Wildman–Crippen MR) is 182 cm³/mol. The minimum atomic E-state index is -1.17. The first-order valence-electron chi connectivity index (χ1n) is 16.2. The van der Waals surface area contributed by atoms with E-state index in [4.69, 9.17) is 36.3 Å². The first-order valence-corrected chi connectivity index (χ1v) is 16.6. The van der Waals surface area contributed by atoms with Gasteiger partial charge >= 0.3 is 17.9 Å². The van der Waals surface area contributed by atoms with Crippen LogP contribution >= 0.6 is 12.2 Å². The summed E-state index contributed by atoms with van der Waals surface area (Å²) in [4.78, 5) is 46.5. The minimum absolute atomic E-state index is 0.00275. The van der Waals surface area contributed by atoms with Crippen molar-refractivity contribution in [2.75, 3.05) is 90.9 Å². The molecule has 0 saturated carbocycles. The van der Waals surface area contributed by atoms with E-state index in [9.17, 15) is 24.6 Å². The van der Waals surface area contributed by atoms with Gasteiger partial charge in [-0.05, 0) is 49.3 Å². The van der Waals surface area contributed by atoms with E-state index in [1.54, 1.807) is 18.2 Å². The Kier molecular flexibility index (Phi) is 18.4. The Morgan fingerprint density at radius 2 is 1.24 bits per heavy atom. The van der Waals surface area contributed by atoms with Gasteiger partial charge in [0.2, 0.25) is 0 Å². The molecular weight excluding hydrogens is 660 g/mol. The van der Waals surface area contributed by atoms with Gasteiger partial charge in [0.15, 0.2) is 10.8 Å². The topological polar surface area (TPSA) is 205 Å². The number of hydrogen-bond acceptors (Lipinski definition) is 12. The Bertz CT molecular complexity index is 1330. The fraction of sp³-hybridized carbons (Fsp3) is 0.562. The van der Waals surface area contributed by atoms with Gasteiger partial charge in [-0.2, -0.15) is 0 Å². The fourth-order valence-electron chi connectivity index (χ4n) is 4.73. The van der Waals surface area contributed by atoms with Gasteiger partial charge < -0.3 is 44.9 Å². The lowest BCUT2D eigenvalue weighted by Crippen LogP contribution is -2.33. The van der Waals surface area contributed by atoms with Crippen molar-refractivity contribution in [1.29, 1.82) is 0 Å². The molecule has 0 atom stereocenters. The summed E-state index contributed by atoms with van der Waals surface area (Å²) in [5.41, 5.74) is 1.52. The predicted octanol–water partition coefficient (Wildman–Crippen LogP) is 1.80. The number of carbonyl (C=O) groups is 3. The number of carboxylic acid groups (broad SMARTS) is 3. The second kappa shape index (κ2) is 22.7. The molecule has 1 aliphatic heterocycles. The molecule has 2 aromatic heterocycles. The van der Waals surface area contributed by atoms with Crippen LogP contribution in [-0.2, 0) is 36.8 Å². The summed E-state index contributed by atoms with van der Waals surface area (Å²) in [6, 6.07) is 8.09. The number of rotatable bonds is 12. The highest BCUT2D eigenvalue weighted by Gasteiger charge is 2.15. The second-order valence-corrected chi connectivity index (χ2v) is 11.5. The number of unbranched alkanes of at least 4 members (excludes halogenated alkanes) is 1. The maximum Gasteiger partial charge on any atom is 0.354 e. The van der Waals surface area contributed by atoms with Crippen molar-refractivity contribution >= 4 is 40.9 Å². The third-order valence-electron chi connectivity index (χ3n) is 7.21.